The lowest BCUT2D eigenvalue weighted by molar-refractivity contribution is 0.171. The molecule has 1 aromatic carbocycles. The lowest BCUT2D eigenvalue weighted by atomic mass is 10.3. The number of benzene rings is 1. The number of aromatic nitrogens is 4. The number of nitrogens with zero attached hydrogens (tertiary/aromatic N) is 6. The zero-order chi connectivity index (χ0) is 21.4. The van der Waals surface area contributed by atoms with Gasteiger partial charge in [-0.15, -0.1) is 10.2 Å². The van der Waals surface area contributed by atoms with Gasteiger partial charge in [0.05, 0.1) is 4.90 Å². The van der Waals surface area contributed by atoms with Crippen LogP contribution in [0.25, 0.3) is 5.82 Å². The Morgan fingerprint density at radius 3 is 2.29 bits per heavy atom. The molecule has 0 amide bonds. The Kier molecular flexibility index (Phi) is 4.98. The largest absolute Gasteiger partial charge is 0.486 e. The number of piperazine rings is 1. The van der Waals surface area contributed by atoms with E-state index < -0.39 is 10.0 Å². The van der Waals surface area contributed by atoms with E-state index in [1.165, 1.54) is 4.31 Å². The summed E-state index contributed by atoms with van der Waals surface area (Å²) in [5, 5.41) is 8.61. The fourth-order valence-electron chi connectivity index (χ4n) is 3.73. The van der Waals surface area contributed by atoms with Gasteiger partial charge in [-0.1, -0.05) is 0 Å². The van der Waals surface area contributed by atoms with Gasteiger partial charge >= 0.3 is 0 Å². The number of imidazole rings is 1. The average molecular weight is 443 g/mol. The zero-order valence-corrected chi connectivity index (χ0v) is 17.8. The third-order valence-electron chi connectivity index (χ3n) is 5.42. The van der Waals surface area contributed by atoms with Gasteiger partial charge in [-0.2, -0.15) is 4.31 Å². The molecule has 162 valence electrons. The van der Waals surface area contributed by atoms with Crippen molar-refractivity contribution in [2.45, 2.75) is 11.8 Å². The third kappa shape index (κ3) is 3.70. The van der Waals surface area contributed by atoms with Gasteiger partial charge in [0, 0.05) is 44.6 Å². The summed E-state index contributed by atoms with van der Waals surface area (Å²) in [6, 6.07) is 8.54. The van der Waals surface area contributed by atoms with E-state index in [2.05, 4.69) is 15.2 Å². The standard InChI is InChI=1S/C20H22N6O4S/c1-15-21-6-7-26(15)20-5-4-19(22-23-20)24-8-10-25(11-9-24)31(27,28)16-2-3-17-18(14-16)30-13-12-29-17/h2-7,14H,8-13H2,1H3. The molecule has 5 rings (SSSR count). The summed E-state index contributed by atoms with van der Waals surface area (Å²) < 4.78 is 40.6. The first kappa shape index (κ1) is 19.8. The van der Waals surface area contributed by atoms with Gasteiger partial charge in [0.15, 0.2) is 23.1 Å². The van der Waals surface area contributed by atoms with Crippen LogP contribution < -0.4 is 14.4 Å². The molecular weight excluding hydrogens is 420 g/mol. The number of anilines is 1. The lowest BCUT2D eigenvalue weighted by Crippen LogP contribution is -2.49. The van der Waals surface area contributed by atoms with E-state index in [0.717, 1.165) is 11.6 Å². The molecule has 0 N–H and O–H groups in total. The molecule has 10 nitrogen and oxygen atoms in total. The molecule has 11 heteroatoms. The minimum Gasteiger partial charge on any atom is -0.486 e. The highest BCUT2D eigenvalue weighted by Crippen LogP contribution is 2.33. The second-order valence-corrected chi connectivity index (χ2v) is 9.23. The number of fused-ring (bicyclic) bond motifs is 1. The summed E-state index contributed by atoms with van der Waals surface area (Å²) in [6.07, 6.45) is 3.55. The molecule has 0 bridgehead atoms. The molecule has 0 radical (unpaired) electrons. The first-order chi connectivity index (χ1) is 15.0. The zero-order valence-electron chi connectivity index (χ0n) is 17.0. The maximum atomic E-state index is 13.1. The maximum absolute atomic E-state index is 13.1. The Balaban J connectivity index is 1.27. The molecule has 2 aliphatic heterocycles. The van der Waals surface area contributed by atoms with E-state index in [-0.39, 0.29) is 4.90 Å². The number of rotatable bonds is 4. The Morgan fingerprint density at radius 2 is 1.61 bits per heavy atom. The lowest BCUT2D eigenvalue weighted by Gasteiger charge is -2.34. The van der Waals surface area contributed by atoms with Crippen molar-refractivity contribution in [2.75, 3.05) is 44.3 Å². The summed E-state index contributed by atoms with van der Waals surface area (Å²) in [5.74, 6) is 3.29. The van der Waals surface area contributed by atoms with Gasteiger partial charge in [-0.05, 0) is 31.2 Å². The van der Waals surface area contributed by atoms with E-state index in [4.69, 9.17) is 9.47 Å². The first-order valence-electron chi connectivity index (χ1n) is 10.0. The normalized spacial score (nSPS) is 17.0. The van der Waals surface area contributed by atoms with Crippen molar-refractivity contribution in [2.24, 2.45) is 0 Å². The number of hydrogen-bond donors (Lipinski definition) is 0. The molecule has 0 atom stereocenters. The number of aryl methyl sites for hydroxylation is 1. The van der Waals surface area contributed by atoms with Gasteiger partial charge in [-0.25, -0.2) is 13.4 Å². The van der Waals surface area contributed by atoms with Crippen LogP contribution in [0.5, 0.6) is 11.5 Å². The van der Waals surface area contributed by atoms with Crippen LogP contribution in [0.1, 0.15) is 5.82 Å². The predicted octanol–water partition coefficient (Wildman–Crippen LogP) is 1.25. The average Bonchev–Trinajstić information content (AvgIpc) is 3.25. The molecule has 1 fully saturated rings. The van der Waals surface area contributed by atoms with Gasteiger partial charge in [0.25, 0.3) is 0 Å². The summed E-state index contributed by atoms with van der Waals surface area (Å²) in [4.78, 5) is 6.44. The van der Waals surface area contributed by atoms with Crippen molar-refractivity contribution in [1.29, 1.82) is 0 Å². The molecule has 1 saturated heterocycles. The molecule has 2 aromatic heterocycles. The third-order valence-corrected chi connectivity index (χ3v) is 7.32. The van der Waals surface area contributed by atoms with Crippen molar-refractivity contribution >= 4 is 15.8 Å². The summed E-state index contributed by atoms with van der Waals surface area (Å²) in [6.45, 7) is 4.56. The Bertz CT molecular complexity index is 1190. The van der Waals surface area contributed by atoms with Gasteiger partial charge in [0.1, 0.15) is 19.0 Å². The van der Waals surface area contributed by atoms with Gasteiger partial charge in [0.2, 0.25) is 10.0 Å². The van der Waals surface area contributed by atoms with Crippen LogP contribution in [0.3, 0.4) is 0 Å². The van der Waals surface area contributed by atoms with Crippen LogP contribution >= 0.6 is 0 Å². The van der Waals surface area contributed by atoms with Crippen molar-refractivity contribution in [3.8, 4) is 17.3 Å². The quantitative estimate of drug-likeness (QED) is 0.595. The second kappa shape index (κ2) is 7.82. The Hall–Kier alpha value is -3.18. The number of ether oxygens (including phenoxy) is 2. The molecule has 0 saturated carbocycles. The fourth-order valence-corrected chi connectivity index (χ4v) is 5.16. The fraction of sp³-hybridized carbons (Fsp3) is 0.350. The van der Waals surface area contributed by atoms with Crippen molar-refractivity contribution in [3.05, 3.63) is 48.5 Å². The molecule has 0 spiro atoms. The maximum Gasteiger partial charge on any atom is 0.243 e. The van der Waals surface area contributed by atoms with E-state index in [9.17, 15) is 8.42 Å². The highest BCUT2D eigenvalue weighted by atomic mass is 32.2. The minimum absolute atomic E-state index is 0.213. The van der Waals surface area contributed by atoms with Gasteiger partial charge < -0.3 is 14.4 Å². The molecule has 2 aliphatic rings. The SMILES string of the molecule is Cc1nccn1-c1ccc(N2CCN(S(=O)(=O)c3ccc4c(c3)OCCO4)CC2)nn1. The molecule has 4 heterocycles. The minimum atomic E-state index is -3.62. The van der Waals surface area contributed by atoms with Crippen LogP contribution in [-0.4, -0.2) is 71.9 Å². The van der Waals surface area contributed by atoms with Crippen LogP contribution in [0.15, 0.2) is 47.6 Å². The van der Waals surface area contributed by atoms with E-state index in [1.54, 1.807) is 24.4 Å². The van der Waals surface area contributed by atoms with Crippen LogP contribution in [0.2, 0.25) is 0 Å². The topological polar surface area (TPSA) is 103 Å². The Morgan fingerprint density at radius 1 is 0.903 bits per heavy atom. The molecule has 3 aromatic rings. The van der Waals surface area contributed by atoms with Crippen LogP contribution in [-0.2, 0) is 10.0 Å². The smallest absolute Gasteiger partial charge is 0.243 e. The molecule has 31 heavy (non-hydrogen) atoms. The summed E-state index contributed by atoms with van der Waals surface area (Å²) in [5.41, 5.74) is 0. The second-order valence-electron chi connectivity index (χ2n) is 7.29. The van der Waals surface area contributed by atoms with E-state index >= 15 is 0 Å². The molecule has 0 unspecified atom stereocenters. The predicted molar refractivity (Wildman–Crippen MR) is 112 cm³/mol. The van der Waals surface area contributed by atoms with Gasteiger partial charge in [-0.3, -0.25) is 4.57 Å². The monoisotopic (exact) mass is 442 g/mol. The molecule has 0 aliphatic carbocycles. The van der Waals surface area contributed by atoms with Crippen molar-refractivity contribution in [3.63, 3.8) is 0 Å². The van der Waals surface area contributed by atoms with Crippen LogP contribution in [0, 0.1) is 6.92 Å². The highest BCUT2D eigenvalue weighted by molar-refractivity contribution is 7.89. The molecular formula is C20H22N6O4S. The Labute approximate surface area is 180 Å². The van der Waals surface area contributed by atoms with Crippen molar-refractivity contribution in [1.82, 2.24) is 24.1 Å². The first-order valence-corrected chi connectivity index (χ1v) is 11.5. The van der Waals surface area contributed by atoms with Crippen LogP contribution in [0.4, 0.5) is 5.82 Å². The number of hydrogen-bond acceptors (Lipinski definition) is 8. The van der Waals surface area contributed by atoms with Crippen molar-refractivity contribution < 1.29 is 17.9 Å². The van der Waals surface area contributed by atoms with E-state index in [0.29, 0.717) is 56.7 Å². The van der Waals surface area contributed by atoms with E-state index in [1.807, 2.05) is 34.7 Å². The summed E-state index contributed by atoms with van der Waals surface area (Å²) in [7, 11) is -3.62. The number of sulfonamides is 1. The summed E-state index contributed by atoms with van der Waals surface area (Å²) >= 11 is 0. The highest BCUT2D eigenvalue weighted by Gasteiger charge is 2.30.